The van der Waals surface area contributed by atoms with Gasteiger partial charge in [0.05, 0.1) is 18.2 Å². The van der Waals surface area contributed by atoms with Crippen LogP contribution in [0.2, 0.25) is 0 Å². The van der Waals surface area contributed by atoms with Crippen molar-refractivity contribution in [2.75, 3.05) is 39.3 Å². The summed E-state index contributed by atoms with van der Waals surface area (Å²) in [5.41, 5.74) is 0. The maximum Gasteiger partial charge on any atom is 0.239 e. The van der Waals surface area contributed by atoms with Gasteiger partial charge in [-0.15, -0.1) is 24.8 Å². The van der Waals surface area contributed by atoms with E-state index in [1.807, 2.05) is 0 Å². The number of hydrogen-bond acceptors (Lipinski definition) is 4. The Bertz CT molecular complexity index is 390. The highest BCUT2D eigenvalue weighted by atomic mass is 35.5. The summed E-state index contributed by atoms with van der Waals surface area (Å²) >= 11 is 0. The van der Waals surface area contributed by atoms with Gasteiger partial charge in [0.1, 0.15) is 0 Å². The summed E-state index contributed by atoms with van der Waals surface area (Å²) in [5, 5.41) is 3.39. The van der Waals surface area contributed by atoms with Crippen molar-refractivity contribution in [2.45, 2.75) is 64.2 Å². The van der Waals surface area contributed by atoms with Crippen LogP contribution < -0.4 is 5.32 Å². The number of amides is 1. The van der Waals surface area contributed by atoms with E-state index in [0.717, 1.165) is 57.9 Å². The van der Waals surface area contributed by atoms with E-state index in [0.29, 0.717) is 18.1 Å². The minimum absolute atomic E-state index is 0. The average Bonchev–Trinajstić information content (AvgIpc) is 2.55. The molecular weight excluding hydrogens is 361 g/mol. The second kappa shape index (κ2) is 10.9. The van der Waals surface area contributed by atoms with Crippen LogP contribution in [0.1, 0.15) is 46.0 Å². The average molecular weight is 396 g/mol. The lowest BCUT2D eigenvalue weighted by molar-refractivity contribution is -0.135. The van der Waals surface area contributed by atoms with E-state index in [4.69, 9.17) is 4.74 Å². The molecule has 3 rings (SSSR count). The summed E-state index contributed by atoms with van der Waals surface area (Å²) in [6.45, 7) is 10.5. The van der Waals surface area contributed by atoms with E-state index in [1.54, 1.807) is 0 Å². The van der Waals surface area contributed by atoms with Crippen molar-refractivity contribution < 1.29 is 9.53 Å². The number of morpholine rings is 1. The largest absolute Gasteiger partial charge is 0.373 e. The van der Waals surface area contributed by atoms with Gasteiger partial charge in [0.25, 0.3) is 0 Å². The highest BCUT2D eigenvalue weighted by Crippen LogP contribution is 2.22. The van der Waals surface area contributed by atoms with E-state index >= 15 is 0 Å². The lowest BCUT2D eigenvalue weighted by Gasteiger charge is -2.40. The number of ether oxygens (including phenoxy) is 1. The van der Waals surface area contributed by atoms with E-state index in [1.165, 1.54) is 19.4 Å². The summed E-state index contributed by atoms with van der Waals surface area (Å²) in [6, 6.07) is 0.0845. The Morgan fingerprint density at radius 1 is 1.04 bits per heavy atom. The Morgan fingerprint density at radius 2 is 1.68 bits per heavy atom. The molecule has 0 saturated carbocycles. The molecule has 3 heterocycles. The highest BCUT2D eigenvalue weighted by Gasteiger charge is 2.30. The zero-order valence-corrected chi connectivity index (χ0v) is 17.2. The lowest BCUT2D eigenvalue weighted by atomic mass is 9.94. The number of rotatable bonds is 3. The molecule has 0 bridgehead atoms. The zero-order valence-electron chi connectivity index (χ0n) is 15.6. The molecule has 7 heteroatoms. The monoisotopic (exact) mass is 395 g/mol. The highest BCUT2D eigenvalue weighted by molar-refractivity contribution is 5.85. The van der Waals surface area contributed by atoms with E-state index in [-0.39, 0.29) is 30.9 Å². The number of carbonyl (C=O) groups is 1. The molecule has 25 heavy (non-hydrogen) atoms. The fourth-order valence-corrected chi connectivity index (χ4v) is 4.42. The van der Waals surface area contributed by atoms with E-state index in [2.05, 4.69) is 29.0 Å². The van der Waals surface area contributed by atoms with Crippen molar-refractivity contribution in [3.05, 3.63) is 0 Å². The van der Waals surface area contributed by atoms with Crippen LogP contribution in [0.25, 0.3) is 0 Å². The van der Waals surface area contributed by atoms with Crippen molar-refractivity contribution >= 4 is 30.7 Å². The van der Waals surface area contributed by atoms with Crippen LogP contribution in [0.3, 0.4) is 0 Å². The third-order valence-corrected chi connectivity index (χ3v) is 5.55. The van der Waals surface area contributed by atoms with Gasteiger partial charge in [0.15, 0.2) is 0 Å². The van der Waals surface area contributed by atoms with E-state index < -0.39 is 0 Å². The van der Waals surface area contributed by atoms with Gasteiger partial charge in [-0.1, -0.05) is 6.42 Å². The second-order valence-corrected chi connectivity index (χ2v) is 7.75. The van der Waals surface area contributed by atoms with Crippen LogP contribution in [0.4, 0.5) is 0 Å². The molecule has 0 spiro atoms. The fourth-order valence-electron chi connectivity index (χ4n) is 4.42. The SMILES string of the molecule is CC1CN(CC2CCN(C(=O)[C@H]3CCCCN3)CC2)CC(C)O1.Cl.Cl. The number of hydrogen-bond donors (Lipinski definition) is 1. The molecular formula is C18H35Cl2N3O2. The summed E-state index contributed by atoms with van der Waals surface area (Å²) < 4.78 is 5.82. The van der Waals surface area contributed by atoms with Crippen molar-refractivity contribution in [1.29, 1.82) is 0 Å². The molecule has 1 amide bonds. The molecule has 2 unspecified atom stereocenters. The molecule has 0 radical (unpaired) electrons. The van der Waals surface area contributed by atoms with Crippen LogP contribution in [0.5, 0.6) is 0 Å². The van der Waals surface area contributed by atoms with Gasteiger partial charge >= 0.3 is 0 Å². The number of piperidine rings is 2. The molecule has 3 aliphatic heterocycles. The summed E-state index contributed by atoms with van der Waals surface area (Å²) in [5.74, 6) is 1.08. The third kappa shape index (κ3) is 6.55. The molecule has 3 atom stereocenters. The predicted octanol–water partition coefficient (Wildman–Crippen LogP) is 2.32. The van der Waals surface area contributed by atoms with Gasteiger partial charge in [0, 0.05) is 32.7 Å². The Balaban J connectivity index is 0.00000156. The summed E-state index contributed by atoms with van der Waals surface area (Å²) in [4.78, 5) is 17.2. The quantitative estimate of drug-likeness (QED) is 0.796. The van der Waals surface area contributed by atoms with Crippen LogP contribution in [-0.2, 0) is 9.53 Å². The molecule has 0 aromatic carbocycles. The zero-order chi connectivity index (χ0) is 16.2. The number of likely N-dealkylation sites (tertiary alicyclic amines) is 1. The minimum Gasteiger partial charge on any atom is -0.373 e. The van der Waals surface area contributed by atoms with Gasteiger partial charge in [-0.3, -0.25) is 9.69 Å². The summed E-state index contributed by atoms with van der Waals surface area (Å²) in [7, 11) is 0. The molecule has 3 aliphatic rings. The predicted molar refractivity (Wildman–Crippen MR) is 106 cm³/mol. The Morgan fingerprint density at radius 3 is 2.24 bits per heavy atom. The minimum atomic E-state index is 0. The van der Waals surface area contributed by atoms with Gasteiger partial charge in [-0.25, -0.2) is 0 Å². The van der Waals surface area contributed by atoms with E-state index in [9.17, 15) is 4.79 Å². The molecule has 1 N–H and O–H groups in total. The van der Waals surface area contributed by atoms with Crippen molar-refractivity contribution in [3.8, 4) is 0 Å². The Kier molecular flexibility index (Phi) is 10.0. The fraction of sp³-hybridized carbons (Fsp3) is 0.944. The van der Waals surface area contributed by atoms with Gasteiger partial charge in [0.2, 0.25) is 5.91 Å². The first kappa shape index (κ1) is 23.0. The van der Waals surface area contributed by atoms with Gasteiger partial charge in [-0.2, -0.15) is 0 Å². The molecule has 5 nitrogen and oxygen atoms in total. The first-order valence-corrected chi connectivity index (χ1v) is 9.52. The normalized spacial score (nSPS) is 31.8. The standard InChI is InChI=1S/C18H33N3O2.2ClH/c1-14-11-20(12-15(2)23-14)13-16-6-9-21(10-7-16)18(22)17-5-3-4-8-19-17;;/h14-17,19H,3-13H2,1-2H3;2*1H/t14?,15?,17-;;/m1../s1. The smallest absolute Gasteiger partial charge is 0.239 e. The maximum atomic E-state index is 12.6. The van der Waals surface area contributed by atoms with Gasteiger partial charge < -0.3 is 15.0 Å². The summed E-state index contributed by atoms with van der Waals surface area (Å²) in [6.07, 6.45) is 6.41. The molecule has 0 aromatic rings. The third-order valence-electron chi connectivity index (χ3n) is 5.55. The lowest BCUT2D eigenvalue weighted by Crippen LogP contribution is -2.52. The topological polar surface area (TPSA) is 44.8 Å². The van der Waals surface area contributed by atoms with Crippen LogP contribution in [-0.4, -0.2) is 73.2 Å². The molecule has 3 fully saturated rings. The first-order chi connectivity index (χ1) is 11.1. The Hall–Kier alpha value is -0.0700. The number of carbonyl (C=O) groups excluding carboxylic acids is 1. The first-order valence-electron chi connectivity index (χ1n) is 9.52. The maximum absolute atomic E-state index is 12.6. The van der Waals surface area contributed by atoms with Crippen LogP contribution in [0.15, 0.2) is 0 Å². The molecule has 148 valence electrons. The van der Waals surface area contributed by atoms with Crippen molar-refractivity contribution in [2.24, 2.45) is 5.92 Å². The van der Waals surface area contributed by atoms with Gasteiger partial charge in [-0.05, 0) is 52.0 Å². The number of nitrogens with zero attached hydrogens (tertiary/aromatic N) is 2. The number of halogens is 2. The number of nitrogens with one attached hydrogen (secondary N) is 1. The molecule has 0 aromatic heterocycles. The molecule has 3 saturated heterocycles. The van der Waals surface area contributed by atoms with Crippen LogP contribution in [0, 0.1) is 5.92 Å². The molecule has 0 aliphatic carbocycles. The Labute approximate surface area is 165 Å². The van der Waals surface area contributed by atoms with Crippen molar-refractivity contribution in [1.82, 2.24) is 15.1 Å². The second-order valence-electron chi connectivity index (χ2n) is 7.75. The van der Waals surface area contributed by atoms with Crippen LogP contribution >= 0.6 is 24.8 Å². The van der Waals surface area contributed by atoms with Crippen molar-refractivity contribution in [3.63, 3.8) is 0 Å².